The van der Waals surface area contributed by atoms with Crippen molar-refractivity contribution in [3.8, 4) is 0 Å². The molecular weight excluding hydrogens is 372 g/mol. The molecule has 2 aliphatic heterocycles. The smallest absolute Gasteiger partial charge is 0.0874 e. The van der Waals surface area contributed by atoms with Gasteiger partial charge in [-0.05, 0) is 17.0 Å². The second-order valence-electron chi connectivity index (χ2n) is 4.69. The Kier molecular flexibility index (Phi) is 6.11. The zero-order valence-electron chi connectivity index (χ0n) is 10.9. The van der Waals surface area contributed by atoms with Gasteiger partial charge in [-0.3, -0.25) is 0 Å². The number of halogens is 2. The van der Waals surface area contributed by atoms with Gasteiger partial charge in [-0.15, -0.1) is 5.73 Å². The van der Waals surface area contributed by atoms with Crippen molar-refractivity contribution in [1.82, 2.24) is 0 Å². The Balaban J connectivity index is 1.83. The highest BCUT2D eigenvalue weighted by molar-refractivity contribution is 9.11. The van der Waals surface area contributed by atoms with E-state index in [-0.39, 0.29) is 24.4 Å². The Hall–Kier alpha value is -0.120. The maximum absolute atomic E-state index is 5.98. The van der Waals surface area contributed by atoms with Crippen molar-refractivity contribution >= 4 is 31.9 Å². The maximum Gasteiger partial charge on any atom is 0.0874 e. The average molecular weight is 390 g/mol. The molecule has 0 aromatic heterocycles. The third-order valence-electron chi connectivity index (χ3n) is 3.33. The van der Waals surface area contributed by atoms with Crippen LogP contribution in [0.4, 0.5) is 0 Å². The molecule has 0 aromatic rings. The molecule has 0 aliphatic carbocycles. The summed E-state index contributed by atoms with van der Waals surface area (Å²) in [6, 6.07) is 0. The second kappa shape index (κ2) is 7.61. The molecule has 4 atom stereocenters. The van der Waals surface area contributed by atoms with Crippen LogP contribution in [0.25, 0.3) is 0 Å². The van der Waals surface area contributed by atoms with E-state index in [2.05, 4.69) is 62.7 Å². The molecule has 4 heteroatoms. The second-order valence-corrected chi connectivity index (χ2v) is 6.17. The molecule has 2 aliphatic rings. The summed E-state index contributed by atoms with van der Waals surface area (Å²) in [5.41, 5.74) is 3.00. The highest BCUT2D eigenvalue weighted by Gasteiger charge is 2.42. The Morgan fingerprint density at radius 1 is 1.26 bits per heavy atom. The summed E-state index contributed by atoms with van der Waals surface area (Å²) in [6.07, 6.45) is 11.9. The van der Waals surface area contributed by atoms with Crippen LogP contribution < -0.4 is 0 Å². The van der Waals surface area contributed by atoms with Crippen LogP contribution in [0, 0.1) is 0 Å². The fourth-order valence-corrected chi connectivity index (χ4v) is 2.69. The molecule has 2 heterocycles. The van der Waals surface area contributed by atoms with E-state index >= 15 is 0 Å². The normalized spacial score (nSPS) is 34.4. The third-order valence-corrected chi connectivity index (χ3v) is 4.42. The minimum Gasteiger partial charge on any atom is -0.368 e. The molecule has 0 bridgehead atoms. The van der Waals surface area contributed by atoms with Crippen LogP contribution in [0.5, 0.6) is 0 Å². The van der Waals surface area contributed by atoms with Crippen LogP contribution in [0.15, 0.2) is 39.5 Å². The van der Waals surface area contributed by atoms with E-state index in [1.54, 1.807) is 4.99 Å². The molecule has 0 amide bonds. The van der Waals surface area contributed by atoms with E-state index in [1.165, 1.54) is 4.48 Å². The van der Waals surface area contributed by atoms with Crippen LogP contribution in [0.1, 0.15) is 26.2 Å². The monoisotopic (exact) mass is 388 g/mol. The van der Waals surface area contributed by atoms with Crippen molar-refractivity contribution in [2.75, 3.05) is 0 Å². The fraction of sp³-hybridized carbons (Fsp3) is 0.533. The zero-order valence-corrected chi connectivity index (χ0v) is 14.1. The Bertz CT molecular complexity index is 408. The van der Waals surface area contributed by atoms with Gasteiger partial charge in [0.1, 0.15) is 0 Å². The summed E-state index contributed by atoms with van der Waals surface area (Å²) in [6.45, 7) is 2.12. The summed E-state index contributed by atoms with van der Waals surface area (Å²) in [4.78, 5) is 1.72. The van der Waals surface area contributed by atoms with Crippen LogP contribution >= 0.6 is 31.9 Å². The SMILES string of the molecule is CC/C(Br)=C\C=C\[C@@H]1C[C@H]2O[C@H](C=C=CBr)C[C@H]2O1. The lowest BCUT2D eigenvalue weighted by atomic mass is 10.1. The minimum absolute atomic E-state index is 0.142. The van der Waals surface area contributed by atoms with E-state index in [0.717, 1.165) is 19.3 Å². The molecular formula is C15H18Br2O2. The number of hydrogen-bond donors (Lipinski definition) is 0. The van der Waals surface area contributed by atoms with Gasteiger partial charge in [0, 0.05) is 17.8 Å². The molecule has 2 fully saturated rings. The molecule has 2 rings (SSSR count). The van der Waals surface area contributed by atoms with Gasteiger partial charge in [0.05, 0.1) is 24.4 Å². The Morgan fingerprint density at radius 3 is 2.63 bits per heavy atom. The Morgan fingerprint density at radius 2 is 1.95 bits per heavy atom. The average Bonchev–Trinajstić information content (AvgIpc) is 2.93. The van der Waals surface area contributed by atoms with Gasteiger partial charge < -0.3 is 9.47 Å². The van der Waals surface area contributed by atoms with Gasteiger partial charge in [-0.1, -0.05) is 57.0 Å². The molecule has 0 aromatic carbocycles. The molecule has 19 heavy (non-hydrogen) atoms. The first-order chi connectivity index (χ1) is 9.22. The quantitative estimate of drug-likeness (QED) is 0.516. The van der Waals surface area contributed by atoms with Crippen LogP contribution in [-0.2, 0) is 9.47 Å². The highest BCUT2D eigenvalue weighted by Crippen LogP contribution is 2.34. The largest absolute Gasteiger partial charge is 0.368 e. The molecule has 0 radical (unpaired) electrons. The van der Waals surface area contributed by atoms with Gasteiger partial charge in [-0.25, -0.2) is 0 Å². The summed E-state index contributed by atoms with van der Waals surface area (Å²) >= 11 is 6.69. The van der Waals surface area contributed by atoms with E-state index in [0.29, 0.717) is 0 Å². The molecule has 0 saturated carbocycles. The van der Waals surface area contributed by atoms with E-state index in [4.69, 9.17) is 9.47 Å². The van der Waals surface area contributed by atoms with Crippen LogP contribution in [0.2, 0.25) is 0 Å². The third kappa shape index (κ3) is 4.44. The van der Waals surface area contributed by atoms with Gasteiger partial charge in [0.15, 0.2) is 0 Å². The predicted molar refractivity (Wildman–Crippen MR) is 84.6 cm³/mol. The molecule has 2 nitrogen and oxygen atoms in total. The van der Waals surface area contributed by atoms with Crippen molar-refractivity contribution in [3.05, 3.63) is 39.5 Å². The summed E-state index contributed by atoms with van der Waals surface area (Å²) < 4.78 is 13.1. The number of rotatable bonds is 4. The zero-order chi connectivity index (χ0) is 13.7. The standard InChI is InChI=1S/C15H18Br2O2/c1-2-11(17)5-3-6-12-9-14-15(18-12)10-13(19-14)7-4-8-16/h3,5-8,12-15H,2,9-10H2,1H3/b6-3+,11-5+/t4?,12-,13-,14-,15-/m1/s1. The van der Waals surface area contributed by atoms with Gasteiger partial charge >= 0.3 is 0 Å². The maximum atomic E-state index is 5.98. The lowest BCUT2D eigenvalue weighted by molar-refractivity contribution is 0.0498. The first-order valence-electron chi connectivity index (χ1n) is 6.58. The van der Waals surface area contributed by atoms with E-state index < -0.39 is 0 Å². The molecule has 104 valence electrons. The van der Waals surface area contributed by atoms with Crippen molar-refractivity contribution in [2.24, 2.45) is 0 Å². The number of hydrogen-bond acceptors (Lipinski definition) is 2. The molecule has 0 unspecified atom stereocenters. The van der Waals surface area contributed by atoms with Gasteiger partial charge in [0.25, 0.3) is 0 Å². The molecule has 2 saturated heterocycles. The van der Waals surface area contributed by atoms with Crippen molar-refractivity contribution in [2.45, 2.75) is 50.6 Å². The number of fused-ring (bicyclic) bond motifs is 1. The Labute approximate surface area is 131 Å². The van der Waals surface area contributed by atoms with Crippen molar-refractivity contribution < 1.29 is 9.47 Å². The summed E-state index contributed by atoms with van der Waals surface area (Å²) in [7, 11) is 0. The lowest BCUT2D eigenvalue weighted by Gasteiger charge is -2.09. The van der Waals surface area contributed by atoms with Crippen molar-refractivity contribution in [3.63, 3.8) is 0 Å². The van der Waals surface area contributed by atoms with E-state index in [9.17, 15) is 0 Å². The van der Waals surface area contributed by atoms with Gasteiger partial charge in [0.2, 0.25) is 0 Å². The number of ether oxygens (including phenoxy) is 2. The van der Waals surface area contributed by atoms with E-state index in [1.807, 2.05) is 6.08 Å². The molecule has 0 N–H and O–H groups in total. The number of allylic oxidation sites excluding steroid dienone is 3. The van der Waals surface area contributed by atoms with Gasteiger partial charge in [-0.2, -0.15) is 0 Å². The van der Waals surface area contributed by atoms with Crippen LogP contribution in [-0.4, -0.2) is 24.4 Å². The van der Waals surface area contributed by atoms with Crippen molar-refractivity contribution in [1.29, 1.82) is 0 Å². The summed E-state index contributed by atoms with van der Waals surface area (Å²) in [5.74, 6) is 0. The van der Waals surface area contributed by atoms with Crippen LogP contribution in [0.3, 0.4) is 0 Å². The summed E-state index contributed by atoms with van der Waals surface area (Å²) in [5, 5.41) is 0. The first kappa shape index (κ1) is 15.3. The lowest BCUT2D eigenvalue weighted by Crippen LogP contribution is -2.13. The fourth-order valence-electron chi connectivity index (χ4n) is 2.38. The predicted octanol–water partition coefficient (Wildman–Crippen LogP) is 4.61. The topological polar surface area (TPSA) is 18.5 Å². The minimum atomic E-state index is 0.142. The molecule has 0 spiro atoms. The highest BCUT2D eigenvalue weighted by atomic mass is 79.9. The first-order valence-corrected chi connectivity index (χ1v) is 8.29.